The highest BCUT2D eigenvalue weighted by atomic mass is 19.4. The van der Waals surface area contributed by atoms with Gasteiger partial charge in [-0.1, -0.05) is 13.0 Å². The first-order valence-corrected chi connectivity index (χ1v) is 8.01. The maximum atomic E-state index is 13.6. The summed E-state index contributed by atoms with van der Waals surface area (Å²) in [5.74, 6) is -2.80. The Morgan fingerprint density at radius 3 is 2.67 bits per heavy atom. The monoisotopic (exact) mass is 379 g/mol. The summed E-state index contributed by atoms with van der Waals surface area (Å²) >= 11 is 0. The van der Waals surface area contributed by atoms with Crippen LogP contribution < -0.4 is 0 Å². The van der Waals surface area contributed by atoms with E-state index < -0.39 is 40.9 Å². The van der Waals surface area contributed by atoms with Crippen molar-refractivity contribution in [2.24, 2.45) is 5.92 Å². The number of allylic oxidation sites excluding steroid dienone is 2. The van der Waals surface area contributed by atoms with E-state index in [0.717, 1.165) is 18.2 Å². The van der Waals surface area contributed by atoms with Gasteiger partial charge in [-0.05, 0) is 24.3 Å². The molecule has 2 aromatic rings. The first-order chi connectivity index (χ1) is 12.7. The Labute approximate surface area is 151 Å². The Balaban J connectivity index is 2.18. The minimum Gasteiger partial charge on any atom is -0.460 e. The third-order valence-electron chi connectivity index (χ3n) is 4.34. The molecule has 1 heterocycles. The van der Waals surface area contributed by atoms with E-state index in [-0.39, 0.29) is 28.7 Å². The number of aliphatic hydroxyl groups excluding tert-OH is 1. The zero-order chi connectivity index (χ0) is 19.9. The molecule has 1 aromatic carbocycles. The predicted molar refractivity (Wildman–Crippen MR) is 87.2 cm³/mol. The van der Waals surface area contributed by atoms with Crippen LogP contribution in [0.3, 0.4) is 0 Å². The van der Waals surface area contributed by atoms with E-state index in [1.807, 2.05) is 0 Å². The van der Waals surface area contributed by atoms with Crippen LogP contribution in [-0.2, 0) is 6.42 Å². The summed E-state index contributed by atoms with van der Waals surface area (Å²) < 4.78 is 58.7. The van der Waals surface area contributed by atoms with Gasteiger partial charge in [-0.3, -0.25) is 4.79 Å². The number of Topliss-reactive ketones (excluding diaryl/α,β-unsaturated/α-hetero) is 1. The summed E-state index contributed by atoms with van der Waals surface area (Å²) in [7, 11) is 0. The number of aliphatic hydroxyl groups is 1. The highest BCUT2D eigenvalue weighted by Crippen LogP contribution is 2.37. The van der Waals surface area contributed by atoms with E-state index in [4.69, 9.17) is 9.68 Å². The Morgan fingerprint density at radius 2 is 2.07 bits per heavy atom. The fourth-order valence-corrected chi connectivity index (χ4v) is 3.04. The number of nitrogens with zero attached hydrogens (tertiary/aromatic N) is 1. The number of aryl methyl sites for hydroxylation is 1. The van der Waals surface area contributed by atoms with Crippen LogP contribution in [0, 0.1) is 23.1 Å². The van der Waals surface area contributed by atoms with Gasteiger partial charge in [0.05, 0.1) is 23.1 Å². The van der Waals surface area contributed by atoms with Crippen molar-refractivity contribution >= 4 is 16.8 Å². The Kier molecular flexibility index (Phi) is 4.66. The zero-order valence-electron chi connectivity index (χ0n) is 14.0. The molecular weight excluding hydrogens is 366 g/mol. The van der Waals surface area contributed by atoms with Gasteiger partial charge in [0, 0.05) is 17.4 Å². The molecule has 0 saturated heterocycles. The summed E-state index contributed by atoms with van der Waals surface area (Å²) in [6.45, 7) is 1.68. The molecule has 1 N–H and O–H groups in total. The highest BCUT2D eigenvalue weighted by Gasteiger charge is 2.43. The number of hydrogen-bond acceptors (Lipinski definition) is 4. The minimum absolute atomic E-state index is 0.0518. The number of ketones is 1. The summed E-state index contributed by atoms with van der Waals surface area (Å²) in [5, 5.41) is 19.0. The number of alkyl halides is 3. The highest BCUT2D eigenvalue weighted by molar-refractivity contribution is 6.18. The molecule has 2 atom stereocenters. The minimum atomic E-state index is -4.91. The van der Waals surface area contributed by atoms with Crippen molar-refractivity contribution < 1.29 is 31.9 Å². The molecule has 0 amide bonds. The average molecular weight is 379 g/mol. The number of furan rings is 1. The third kappa shape index (κ3) is 3.26. The number of rotatable bonds is 3. The van der Waals surface area contributed by atoms with Crippen LogP contribution in [0.15, 0.2) is 45.9 Å². The fraction of sp³-hybridized carbons (Fsp3) is 0.263. The van der Waals surface area contributed by atoms with Crippen LogP contribution in [0.2, 0.25) is 0 Å². The van der Waals surface area contributed by atoms with E-state index in [1.54, 1.807) is 13.0 Å². The van der Waals surface area contributed by atoms with Crippen LogP contribution in [0.25, 0.3) is 11.0 Å². The number of halogens is 4. The van der Waals surface area contributed by atoms with Crippen molar-refractivity contribution in [3.8, 4) is 6.07 Å². The van der Waals surface area contributed by atoms with Gasteiger partial charge in [-0.25, -0.2) is 4.39 Å². The second-order valence-corrected chi connectivity index (χ2v) is 6.04. The van der Waals surface area contributed by atoms with Crippen LogP contribution in [0.5, 0.6) is 0 Å². The van der Waals surface area contributed by atoms with Crippen molar-refractivity contribution in [3.05, 3.63) is 58.6 Å². The van der Waals surface area contributed by atoms with Crippen LogP contribution in [0.1, 0.15) is 23.0 Å². The van der Waals surface area contributed by atoms with E-state index in [0.29, 0.717) is 6.08 Å². The molecule has 2 unspecified atom stereocenters. The van der Waals surface area contributed by atoms with E-state index >= 15 is 0 Å². The number of benzene rings is 1. The molecule has 0 spiro atoms. The Hall–Kier alpha value is -2.92. The van der Waals surface area contributed by atoms with Gasteiger partial charge in [0.15, 0.2) is 5.78 Å². The summed E-state index contributed by atoms with van der Waals surface area (Å²) in [6.07, 6.45) is -5.23. The molecular formula is C19H13F4NO3. The van der Waals surface area contributed by atoms with Crippen LogP contribution in [0.4, 0.5) is 17.6 Å². The van der Waals surface area contributed by atoms with Crippen LogP contribution in [-0.4, -0.2) is 23.2 Å². The molecule has 0 saturated carbocycles. The van der Waals surface area contributed by atoms with Gasteiger partial charge < -0.3 is 9.52 Å². The molecule has 0 bridgehead atoms. The molecule has 27 heavy (non-hydrogen) atoms. The standard InChI is InChI=1S/C19H13F4NO3/c1-2-14-16(12-7-11(20)3-4-15(12)27-14)18(26)9-5-10(8-24)17(25)13(6-9)19(21,22)23/h3-7,10,17,25H,2H2,1H3. The normalized spacial score (nSPS) is 20.2. The summed E-state index contributed by atoms with van der Waals surface area (Å²) in [4.78, 5) is 13.0. The van der Waals surface area contributed by atoms with Crippen molar-refractivity contribution in [1.29, 1.82) is 5.26 Å². The van der Waals surface area contributed by atoms with Gasteiger partial charge in [0.1, 0.15) is 23.3 Å². The lowest BCUT2D eigenvalue weighted by molar-refractivity contribution is -0.107. The number of hydrogen-bond donors (Lipinski definition) is 1. The van der Waals surface area contributed by atoms with Gasteiger partial charge in [0.2, 0.25) is 0 Å². The van der Waals surface area contributed by atoms with Gasteiger partial charge in [0.25, 0.3) is 0 Å². The lowest BCUT2D eigenvalue weighted by atomic mass is 9.85. The number of nitriles is 1. The second kappa shape index (κ2) is 6.67. The predicted octanol–water partition coefficient (Wildman–Crippen LogP) is 4.25. The van der Waals surface area contributed by atoms with Crippen molar-refractivity contribution in [2.75, 3.05) is 0 Å². The maximum absolute atomic E-state index is 13.6. The quantitative estimate of drug-likeness (QED) is 0.639. The van der Waals surface area contributed by atoms with Gasteiger partial charge in [-0.2, -0.15) is 18.4 Å². The first-order valence-electron chi connectivity index (χ1n) is 8.01. The average Bonchev–Trinajstić information content (AvgIpc) is 2.97. The molecule has 0 radical (unpaired) electrons. The Morgan fingerprint density at radius 1 is 1.37 bits per heavy atom. The molecule has 1 aliphatic carbocycles. The fourth-order valence-electron chi connectivity index (χ4n) is 3.04. The molecule has 0 fully saturated rings. The number of carbonyl (C=O) groups is 1. The molecule has 140 valence electrons. The summed E-state index contributed by atoms with van der Waals surface area (Å²) in [6, 6.07) is 5.10. The van der Waals surface area contributed by atoms with E-state index in [1.165, 1.54) is 6.07 Å². The SMILES string of the molecule is CCc1oc2ccc(F)cc2c1C(=O)C1=CC(C#N)C(O)C(C(F)(F)F)=C1. The van der Waals surface area contributed by atoms with Gasteiger partial charge >= 0.3 is 6.18 Å². The van der Waals surface area contributed by atoms with Crippen molar-refractivity contribution in [3.63, 3.8) is 0 Å². The van der Waals surface area contributed by atoms with Crippen molar-refractivity contribution in [2.45, 2.75) is 25.6 Å². The lowest BCUT2D eigenvalue weighted by Gasteiger charge is -2.24. The van der Waals surface area contributed by atoms with Gasteiger partial charge in [-0.15, -0.1) is 0 Å². The molecule has 3 rings (SSSR count). The first kappa shape index (κ1) is 18.9. The van der Waals surface area contributed by atoms with E-state index in [2.05, 4.69) is 0 Å². The number of fused-ring (bicyclic) bond motifs is 1. The smallest absolute Gasteiger partial charge is 0.415 e. The topological polar surface area (TPSA) is 74.2 Å². The van der Waals surface area contributed by atoms with Crippen molar-refractivity contribution in [1.82, 2.24) is 0 Å². The number of carbonyl (C=O) groups excluding carboxylic acids is 1. The molecule has 0 aliphatic heterocycles. The van der Waals surface area contributed by atoms with E-state index in [9.17, 15) is 27.5 Å². The molecule has 1 aromatic heterocycles. The molecule has 8 heteroatoms. The Bertz CT molecular complexity index is 1020. The zero-order valence-corrected chi connectivity index (χ0v) is 14.0. The molecule has 4 nitrogen and oxygen atoms in total. The van der Waals surface area contributed by atoms with Crippen LogP contribution >= 0.6 is 0 Å². The lowest BCUT2D eigenvalue weighted by Crippen LogP contribution is -2.32. The summed E-state index contributed by atoms with van der Waals surface area (Å²) in [5.41, 5.74) is -1.60. The largest absolute Gasteiger partial charge is 0.460 e. The third-order valence-corrected chi connectivity index (χ3v) is 4.34. The maximum Gasteiger partial charge on any atom is 0.415 e. The second-order valence-electron chi connectivity index (χ2n) is 6.04. The molecule has 1 aliphatic rings.